The summed E-state index contributed by atoms with van der Waals surface area (Å²) in [5.41, 5.74) is 19.7. The second kappa shape index (κ2) is 15.0. The number of rotatable bonds is 2. The molecule has 0 saturated heterocycles. The number of fused-ring (bicyclic) bond motifs is 7. The monoisotopic (exact) mass is 646 g/mol. The molecule has 2 aliphatic carbocycles. The Kier molecular flexibility index (Phi) is 9.90. The van der Waals surface area contributed by atoms with Gasteiger partial charge in [-0.15, -0.1) is 0 Å². The molecule has 246 valence electrons. The van der Waals surface area contributed by atoms with Gasteiger partial charge in [0.05, 0.1) is 0 Å². The summed E-state index contributed by atoms with van der Waals surface area (Å²) in [6, 6.07) is 60.7. The molecular formula is C50H46. The van der Waals surface area contributed by atoms with Crippen molar-refractivity contribution in [2.24, 2.45) is 0 Å². The van der Waals surface area contributed by atoms with Crippen LogP contribution in [0, 0.1) is 13.8 Å². The van der Waals surface area contributed by atoms with Crippen molar-refractivity contribution < 1.29 is 0 Å². The Labute approximate surface area is 299 Å². The summed E-state index contributed by atoms with van der Waals surface area (Å²) in [7, 11) is 0. The second-order valence-electron chi connectivity index (χ2n) is 13.9. The van der Waals surface area contributed by atoms with Crippen molar-refractivity contribution in [3.63, 3.8) is 0 Å². The Morgan fingerprint density at radius 1 is 0.400 bits per heavy atom. The molecule has 7 aromatic rings. The highest BCUT2D eigenvalue weighted by Gasteiger charge is 2.32. The van der Waals surface area contributed by atoms with E-state index in [1.165, 1.54) is 79.6 Å². The molecule has 0 heteroatoms. The van der Waals surface area contributed by atoms with Crippen LogP contribution in [-0.2, 0) is 6.42 Å². The largest absolute Gasteiger partial charge is 0.0622 e. The van der Waals surface area contributed by atoms with Crippen molar-refractivity contribution in [1.29, 1.82) is 0 Å². The van der Waals surface area contributed by atoms with Crippen LogP contribution in [0.4, 0.5) is 0 Å². The first-order valence-electron chi connectivity index (χ1n) is 18.1. The van der Waals surface area contributed by atoms with E-state index < -0.39 is 0 Å². The summed E-state index contributed by atoms with van der Waals surface area (Å²) in [6.07, 6.45) is 2.42. The van der Waals surface area contributed by atoms with E-state index >= 15 is 0 Å². The van der Waals surface area contributed by atoms with Gasteiger partial charge < -0.3 is 0 Å². The summed E-state index contributed by atoms with van der Waals surface area (Å²) in [4.78, 5) is 0. The minimum atomic E-state index is 0.499. The highest BCUT2D eigenvalue weighted by atomic mass is 14.4. The SMILES string of the molecule is CC1CCc2ccccc2-c2ccc3c(c21)C(C)c1ccccc1-3.Cc1cc(-c2ccccc2)cc(-c2ccccc2)c1.Cc1ccccc1. The Balaban J connectivity index is 0.000000134. The van der Waals surface area contributed by atoms with Gasteiger partial charge in [0, 0.05) is 5.92 Å². The van der Waals surface area contributed by atoms with Crippen molar-refractivity contribution >= 4 is 0 Å². The summed E-state index contributed by atoms with van der Waals surface area (Å²) in [5, 5.41) is 0. The molecule has 2 unspecified atom stereocenters. The molecule has 9 rings (SSSR count). The molecule has 0 fully saturated rings. The van der Waals surface area contributed by atoms with E-state index in [1.807, 2.05) is 18.2 Å². The molecule has 0 aliphatic heterocycles. The average molecular weight is 647 g/mol. The van der Waals surface area contributed by atoms with Crippen LogP contribution in [0.1, 0.15) is 65.5 Å². The molecule has 0 N–H and O–H groups in total. The van der Waals surface area contributed by atoms with Crippen LogP contribution in [0.2, 0.25) is 0 Å². The van der Waals surface area contributed by atoms with E-state index in [4.69, 9.17) is 0 Å². The predicted molar refractivity (Wildman–Crippen MR) is 215 cm³/mol. The van der Waals surface area contributed by atoms with Gasteiger partial charge in [-0.3, -0.25) is 0 Å². The minimum absolute atomic E-state index is 0.499. The molecule has 0 aromatic heterocycles. The molecule has 0 nitrogen and oxygen atoms in total. The van der Waals surface area contributed by atoms with Crippen LogP contribution in [-0.4, -0.2) is 0 Å². The minimum Gasteiger partial charge on any atom is -0.0622 e. The van der Waals surface area contributed by atoms with Crippen LogP contribution >= 0.6 is 0 Å². The second-order valence-corrected chi connectivity index (χ2v) is 13.9. The third-order valence-corrected chi connectivity index (χ3v) is 10.3. The van der Waals surface area contributed by atoms with E-state index in [0.29, 0.717) is 11.8 Å². The fourth-order valence-corrected chi connectivity index (χ4v) is 7.81. The van der Waals surface area contributed by atoms with Gasteiger partial charge in [-0.1, -0.05) is 183 Å². The van der Waals surface area contributed by atoms with E-state index in [9.17, 15) is 0 Å². The van der Waals surface area contributed by atoms with Gasteiger partial charge in [-0.25, -0.2) is 0 Å². The first-order chi connectivity index (χ1) is 24.5. The number of hydrogen-bond acceptors (Lipinski definition) is 0. The molecule has 0 heterocycles. The predicted octanol–water partition coefficient (Wildman–Crippen LogP) is 13.9. The molecule has 0 amide bonds. The maximum absolute atomic E-state index is 2.42. The third kappa shape index (κ3) is 6.98. The number of benzene rings is 7. The van der Waals surface area contributed by atoms with Gasteiger partial charge in [0.1, 0.15) is 0 Å². The zero-order valence-electron chi connectivity index (χ0n) is 29.7. The summed E-state index contributed by atoms with van der Waals surface area (Å²) in [5.74, 6) is 1.11. The lowest BCUT2D eigenvalue weighted by molar-refractivity contribution is 0.679. The van der Waals surface area contributed by atoms with Gasteiger partial charge in [-0.2, -0.15) is 0 Å². The summed E-state index contributed by atoms with van der Waals surface area (Å²) in [6.45, 7) is 9.04. The molecular weight excluding hydrogens is 601 g/mol. The van der Waals surface area contributed by atoms with Gasteiger partial charge in [-0.05, 0) is 111 Å². The standard InChI is InChI=1S/C24H22.C19H16.C7H8/c1-15-11-12-17-7-3-4-9-19(17)21-13-14-22-20-10-6-5-8-18(20)16(2)24(22)23(15)21;1-15-12-18(16-8-4-2-5-9-16)14-19(13-15)17-10-6-3-7-11-17;1-7-5-3-2-4-6-7/h3-10,13-16H,11-12H2,1-2H3;2-14H,1H3;2-6H,1H3. The van der Waals surface area contributed by atoms with Crippen molar-refractivity contribution in [2.45, 2.75) is 52.4 Å². The molecule has 2 atom stereocenters. The Bertz CT molecular complexity index is 2130. The molecule has 0 bridgehead atoms. The lowest BCUT2D eigenvalue weighted by Gasteiger charge is -2.21. The van der Waals surface area contributed by atoms with Crippen molar-refractivity contribution in [3.8, 4) is 44.5 Å². The van der Waals surface area contributed by atoms with Gasteiger partial charge in [0.25, 0.3) is 0 Å². The normalized spacial score (nSPS) is 15.0. The first kappa shape index (κ1) is 33.1. The van der Waals surface area contributed by atoms with Crippen LogP contribution < -0.4 is 0 Å². The lowest BCUT2D eigenvalue weighted by atomic mass is 9.83. The van der Waals surface area contributed by atoms with Gasteiger partial charge in [0.15, 0.2) is 0 Å². The van der Waals surface area contributed by atoms with E-state index in [2.05, 4.69) is 179 Å². The maximum atomic E-state index is 2.42. The van der Waals surface area contributed by atoms with Gasteiger partial charge in [0.2, 0.25) is 0 Å². The Hall–Kier alpha value is -5.46. The van der Waals surface area contributed by atoms with E-state index in [1.54, 1.807) is 11.1 Å². The Morgan fingerprint density at radius 3 is 1.48 bits per heavy atom. The van der Waals surface area contributed by atoms with Crippen LogP contribution in [0.5, 0.6) is 0 Å². The fourth-order valence-electron chi connectivity index (χ4n) is 7.81. The average Bonchev–Trinajstić information content (AvgIpc) is 3.37. The Morgan fingerprint density at radius 2 is 0.900 bits per heavy atom. The molecule has 2 aliphatic rings. The third-order valence-electron chi connectivity index (χ3n) is 10.3. The smallest absolute Gasteiger partial charge is 0.00763 e. The fraction of sp³-hybridized carbons (Fsp3) is 0.160. The quantitative estimate of drug-likeness (QED) is 0.175. The highest BCUT2D eigenvalue weighted by molar-refractivity contribution is 5.86. The zero-order chi connectivity index (χ0) is 34.5. The van der Waals surface area contributed by atoms with Crippen molar-refractivity contribution in [1.82, 2.24) is 0 Å². The first-order valence-corrected chi connectivity index (χ1v) is 18.1. The van der Waals surface area contributed by atoms with Crippen molar-refractivity contribution in [3.05, 3.63) is 203 Å². The maximum Gasteiger partial charge on any atom is 0.00763 e. The van der Waals surface area contributed by atoms with Crippen LogP contribution in [0.3, 0.4) is 0 Å². The van der Waals surface area contributed by atoms with E-state index in [0.717, 1.165) is 0 Å². The van der Waals surface area contributed by atoms with E-state index in [-0.39, 0.29) is 0 Å². The number of hydrogen-bond donors (Lipinski definition) is 0. The topological polar surface area (TPSA) is 0 Å². The molecule has 7 aromatic carbocycles. The summed E-state index contributed by atoms with van der Waals surface area (Å²) >= 11 is 0. The van der Waals surface area contributed by atoms with Crippen LogP contribution in [0.15, 0.2) is 170 Å². The lowest BCUT2D eigenvalue weighted by Crippen LogP contribution is -2.03. The molecule has 0 radical (unpaired) electrons. The van der Waals surface area contributed by atoms with Crippen LogP contribution in [0.25, 0.3) is 44.5 Å². The summed E-state index contributed by atoms with van der Waals surface area (Å²) < 4.78 is 0. The molecule has 0 spiro atoms. The molecule has 0 saturated carbocycles. The highest BCUT2D eigenvalue weighted by Crippen LogP contribution is 2.51. The molecule has 50 heavy (non-hydrogen) atoms. The zero-order valence-corrected chi connectivity index (χ0v) is 29.7. The van der Waals surface area contributed by atoms with Crippen molar-refractivity contribution in [2.75, 3.05) is 0 Å². The number of aryl methyl sites for hydroxylation is 3. The van der Waals surface area contributed by atoms with Gasteiger partial charge >= 0.3 is 0 Å².